The van der Waals surface area contributed by atoms with Crippen molar-refractivity contribution in [2.75, 3.05) is 6.54 Å². The third-order valence-electron chi connectivity index (χ3n) is 4.30. The average molecular weight is 272 g/mol. The third kappa shape index (κ3) is 3.60. The van der Waals surface area contributed by atoms with Crippen LogP contribution in [0.1, 0.15) is 55.7 Å². The summed E-state index contributed by atoms with van der Waals surface area (Å²) in [6.45, 7) is 0.775. The SMILES string of the molecule is O=C(CCNC1CCCCc2ccccc21)NC1CC1. The van der Waals surface area contributed by atoms with Gasteiger partial charge in [-0.1, -0.05) is 30.7 Å². The zero-order chi connectivity index (χ0) is 13.8. The number of benzene rings is 1. The molecule has 3 nitrogen and oxygen atoms in total. The van der Waals surface area contributed by atoms with Gasteiger partial charge in [-0.15, -0.1) is 0 Å². The Kier molecular flexibility index (Phi) is 4.36. The van der Waals surface area contributed by atoms with Crippen molar-refractivity contribution in [2.24, 2.45) is 0 Å². The van der Waals surface area contributed by atoms with Crippen LogP contribution in [0.5, 0.6) is 0 Å². The number of hydrogen-bond donors (Lipinski definition) is 2. The van der Waals surface area contributed by atoms with Gasteiger partial charge in [-0.2, -0.15) is 0 Å². The van der Waals surface area contributed by atoms with Gasteiger partial charge in [0.25, 0.3) is 0 Å². The normalized spacial score (nSPS) is 21.9. The number of nitrogens with one attached hydrogen (secondary N) is 2. The van der Waals surface area contributed by atoms with Crippen LogP contribution in [0.15, 0.2) is 24.3 Å². The minimum atomic E-state index is 0.196. The summed E-state index contributed by atoms with van der Waals surface area (Å²) in [4.78, 5) is 11.7. The lowest BCUT2D eigenvalue weighted by molar-refractivity contribution is -0.121. The molecule has 2 aliphatic rings. The summed E-state index contributed by atoms with van der Waals surface area (Å²) in [5.74, 6) is 0.196. The van der Waals surface area contributed by atoms with Gasteiger partial charge in [0, 0.05) is 25.0 Å². The molecule has 0 spiro atoms. The van der Waals surface area contributed by atoms with Crippen LogP contribution < -0.4 is 10.6 Å². The molecule has 0 radical (unpaired) electrons. The van der Waals surface area contributed by atoms with E-state index in [9.17, 15) is 4.79 Å². The molecule has 1 amide bonds. The van der Waals surface area contributed by atoms with Gasteiger partial charge in [0.15, 0.2) is 0 Å². The maximum atomic E-state index is 11.7. The summed E-state index contributed by atoms with van der Waals surface area (Å²) < 4.78 is 0. The Morgan fingerprint density at radius 2 is 2.00 bits per heavy atom. The van der Waals surface area contributed by atoms with E-state index < -0.39 is 0 Å². The molecule has 1 unspecified atom stereocenters. The third-order valence-corrected chi connectivity index (χ3v) is 4.30. The van der Waals surface area contributed by atoms with Crippen molar-refractivity contribution in [1.82, 2.24) is 10.6 Å². The van der Waals surface area contributed by atoms with Gasteiger partial charge in [0.2, 0.25) is 5.91 Å². The lowest BCUT2D eigenvalue weighted by Crippen LogP contribution is -2.30. The largest absolute Gasteiger partial charge is 0.353 e. The highest BCUT2D eigenvalue weighted by atomic mass is 16.1. The Hall–Kier alpha value is -1.35. The van der Waals surface area contributed by atoms with E-state index in [4.69, 9.17) is 0 Å². The summed E-state index contributed by atoms with van der Waals surface area (Å²) in [6.07, 6.45) is 7.83. The second-order valence-electron chi connectivity index (χ2n) is 6.04. The number of carbonyl (C=O) groups is 1. The first-order valence-electron chi connectivity index (χ1n) is 7.93. The maximum absolute atomic E-state index is 11.7. The Bertz CT molecular complexity index is 468. The van der Waals surface area contributed by atoms with E-state index in [1.165, 1.54) is 36.8 Å². The van der Waals surface area contributed by atoms with Crippen molar-refractivity contribution < 1.29 is 4.79 Å². The Morgan fingerprint density at radius 1 is 1.15 bits per heavy atom. The zero-order valence-electron chi connectivity index (χ0n) is 12.0. The van der Waals surface area contributed by atoms with Crippen LogP contribution in [0.2, 0.25) is 0 Å². The molecule has 20 heavy (non-hydrogen) atoms. The molecule has 0 aromatic heterocycles. The quantitative estimate of drug-likeness (QED) is 0.809. The second kappa shape index (κ2) is 6.40. The van der Waals surface area contributed by atoms with E-state index in [1.54, 1.807) is 0 Å². The predicted molar refractivity (Wildman–Crippen MR) is 80.5 cm³/mol. The molecule has 2 aliphatic carbocycles. The van der Waals surface area contributed by atoms with Crippen LogP contribution in [0.3, 0.4) is 0 Å². The fourth-order valence-electron chi connectivity index (χ4n) is 3.02. The topological polar surface area (TPSA) is 41.1 Å². The number of hydrogen-bond acceptors (Lipinski definition) is 2. The van der Waals surface area contributed by atoms with Gasteiger partial charge < -0.3 is 10.6 Å². The maximum Gasteiger partial charge on any atom is 0.221 e. The molecular formula is C17H24N2O. The molecule has 3 rings (SSSR count). The first kappa shape index (κ1) is 13.6. The van der Waals surface area contributed by atoms with E-state index >= 15 is 0 Å². The number of carbonyl (C=O) groups excluding carboxylic acids is 1. The van der Waals surface area contributed by atoms with Gasteiger partial charge >= 0.3 is 0 Å². The monoisotopic (exact) mass is 272 g/mol. The second-order valence-corrected chi connectivity index (χ2v) is 6.04. The van der Waals surface area contributed by atoms with E-state index in [0.29, 0.717) is 18.5 Å². The fraction of sp³-hybridized carbons (Fsp3) is 0.588. The lowest BCUT2D eigenvalue weighted by atomic mass is 9.99. The van der Waals surface area contributed by atoms with E-state index in [-0.39, 0.29) is 5.91 Å². The fourth-order valence-corrected chi connectivity index (χ4v) is 3.02. The van der Waals surface area contributed by atoms with Crippen molar-refractivity contribution in [2.45, 2.75) is 57.0 Å². The highest BCUT2D eigenvalue weighted by Gasteiger charge is 2.23. The van der Waals surface area contributed by atoms with Crippen molar-refractivity contribution in [3.8, 4) is 0 Å². The molecule has 0 aliphatic heterocycles. The summed E-state index contributed by atoms with van der Waals surface area (Å²) >= 11 is 0. The minimum Gasteiger partial charge on any atom is -0.353 e. The highest BCUT2D eigenvalue weighted by molar-refractivity contribution is 5.76. The Balaban J connectivity index is 1.52. The molecule has 1 aromatic rings. The van der Waals surface area contributed by atoms with Crippen molar-refractivity contribution in [1.29, 1.82) is 0 Å². The van der Waals surface area contributed by atoms with Crippen LogP contribution in [-0.2, 0) is 11.2 Å². The summed E-state index contributed by atoms with van der Waals surface area (Å²) in [6, 6.07) is 9.63. The molecule has 0 saturated heterocycles. The lowest BCUT2D eigenvalue weighted by Gasteiger charge is -2.19. The molecule has 1 atom stereocenters. The summed E-state index contributed by atoms with van der Waals surface area (Å²) in [7, 11) is 0. The summed E-state index contributed by atoms with van der Waals surface area (Å²) in [5.41, 5.74) is 2.91. The number of aryl methyl sites for hydroxylation is 1. The number of rotatable bonds is 5. The molecule has 108 valence electrons. The van der Waals surface area contributed by atoms with Gasteiger partial charge in [0.1, 0.15) is 0 Å². The molecule has 1 fully saturated rings. The van der Waals surface area contributed by atoms with E-state index in [1.807, 2.05) is 0 Å². The first-order valence-corrected chi connectivity index (χ1v) is 7.93. The van der Waals surface area contributed by atoms with E-state index in [0.717, 1.165) is 19.4 Å². The minimum absolute atomic E-state index is 0.196. The zero-order valence-corrected chi connectivity index (χ0v) is 12.0. The average Bonchev–Trinajstić information content (AvgIpc) is 3.27. The molecule has 2 N–H and O–H groups in total. The van der Waals surface area contributed by atoms with Gasteiger partial charge in [0.05, 0.1) is 0 Å². The standard InChI is InChI=1S/C17H24N2O/c20-17(19-14-9-10-14)11-12-18-16-8-4-2-6-13-5-1-3-7-15(13)16/h1,3,5,7,14,16,18H,2,4,6,8-12H2,(H,19,20). The number of fused-ring (bicyclic) bond motifs is 1. The van der Waals surface area contributed by atoms with Crippen molar-refractivity contribution in [3.05, 3.63) is 35.4 Å². The van der Waals surface area contributed by atoms with Gasteiger partial charge in [-0.05, 0) is 43.2 Å². The van der Waals surface area contributed by atoms with Crippen LogP contribution in [0, 0.1) is 0 Å². The Morgan fingerprint density at radius 3 is 2.85 bits per heavy atom. The Labute approximate surface area is 121 Å². The molecule has 1 aromatic carbocycles. The van der Waals surface area contributed by atoms with Crippen molar-refractivity contribution >= 4 is 5.91 Å². The molecule has 1 saturated carbocycles. The molecule has 0 bridgehead atoms. The smallest absolute Gasteiger partial charge is 0.221 e. The molecule has 3 heteroatoms. The highest BCUT2D eigenvalue weighted by Crippen LogP contribution is 2.28. The van der Waals surface area contributed by atoms with Crippen LogP contribution in [0.4, 0.5) is 0 Å². The predicted octanol–water partition coefficient (Wildman–Crippen LogP) is 2.71. The van der Waals surface area contributed by atoms with Crippen LogP contribution in [-0.4, -0.2) is 18.5 Å². The molecular weight excluding hydrogens is 248 g/mol. The van der Waals surface area contributed by atoms with Crippen molar-refractivity contribution in [3.63, 3.8) is 0 Å². The first-order chi connectivity index (χ1) is 9.83. The molecule has 0 heterocycles. The summed E-state index contributed by atoms with van der Waals surface area (Å²) in [5, 5.41) is 6.63. The van der Waals surface area contributed by atoms with E-state index in [2.05, 4.69) is 34.9 Å². The van der Waals surface area contributed by atoms with Gasteiger partial charge in [-0.25, -0.2) is 0 Å². The number of amides is 1. The van der Waals surface area contributed by atoms with Gasteiger partial charge in [-0.3, -0.25) is 4.79 Å². The van der Waals surface area contributed by atoms with Crippen LogP contribution >= 0.6 is 0 Å². The van der Waals surface area contributed by atoms with Crippen LogP contribution in [0.25, 0.3) is 0 Å².